The smallest absolute Gasteiger partial charge is 0.407 e. The Morgan fingerprint density at radius 1 is 1.16 bits per heavy atom. The van der Waals surface area contributed by atoms with Crippen molar-refractivity contribution in [1.29, 1.82) is 0 Å². The molecule has 1 spiro atoms. The highest BCUT2D eigenvalue weighted by molar-refractivity contribution is 5.70. The van der Waals surface area contributed by atoms with E-state index in [1.165, 1.54) is 5.56 Å². The van der Waals surface area contributed by atoms with Gasteiger partial charge in [-0.3, -0.25) is 4.90 Å². The number of aromatic nitrogens is 2. The van der Waals surface area contributed by atoms with E-state index in [-0.39, 0.29) is 11.7 Å². The molecule has 2 aliphatic rings. The molecule has 2 fully saturated rings. The van der Waals surface area contributed by atoms with E-state index in [4.69, 9.17) is 4.74 Å². The van der Waals surface area contributed by atoms with Crippen LogP contribution in [0.1, 0.15) is 30.7 Å². The van der Waals surface area contributed by atoms with Gasteiger partial charge in [-0.15, -0.1) is 0 Å². The zero-order valence-corrected chi connectivity index (χ0v) is 14.4. The van der Waals surface area contributed by atoms with E-state index < -0.39 is 0 Å². The summed E-state index contributed by atoms with van der Waals surface area (Å²) in [5.41, 5.74) is 0.978. The molecular formula is C19H24N4O2. The van der Waals surface area contributed by atoms with Crippen molar-refractivity contribution >= 4 is 6.09 Å². The summed E-state index contributed by atoms with van der Waals surface area (Å²) in [5.74, 6) is 1.08. The molecule has 2 saturated heterocycles. The second-order valence-corrected chi connectivity index (χ2v) is 7.01. The number of carbonyl (C=O) groups excluding carboxylic acids is 1. The molecule has 2 aromatic rings. The first-order chi connectivity index (χ1) is 12.2. The molecule has 0 saturated carbocycles. The predicted molar refractivity (Wildman–Crippen MR) is 94.1 cm³/mol. The molecule has 0 aliphatic carbocycles. The van der Waals surface area contributed by atoms with E-state index in [1.54, 1.807) is 0 Å². The van der Waals surface area contributed by atoms with Gasteiger partial charge in [0.15, 0.2) is 0 Å². The fraction of sp³-hybridized carbons (Fsp3) is 0.474. The minimum Gasteiger partial charge on any atom is -0.441 e. The Balaban J connectivity index is 1.40. The zero-order chi connectivity index (χ0) is 17.1. The molecule has 1 aromatic heterocycles. The van der Waals surface area contributed by atoms with Crippen molar-refractivity contribution < 1.29 is 9.53 Å². The molecule has 1 unspecified atom stereocenters. The fourth-order valence-electron chi connectivity index (χ4n) is 3.78. The van der Waals surface area contributed by atoms with Gasteiger partial charge in [-0.1, -0.05) is 30.3 Å². The molecule has 6 heteroatoms. The molecule has 0 radical (unpaired) electrons. The molecule has 25 heavy (non-hydrogen) atoms. The first kappa shape index (κ1) is 16.1. The molecule has 1 amide bonds. The third-order valence-electron chi connectivity index (χ3n) is 5.22. The first-order valence-corrected chi connectivity index (χ1v) is 8.96. The fourth-order valence-corrected chi connectivity index (χ4v) is 3.78. The van der Waals surface area contributed by atoms with Gasteiger partial charge in [0.1, 0.15) is 11.4 Å². The average Bonchev–Trinajstić information content (AvgIpc) is 3.14. The van der Waals surface area contributed by atoms with Gasteiger partial charge in [0.2, 0.25) is 0 Å². The maximum atomic E-state index is 11.4. The van der Waals surface area contributed by atoms with Crippen LogP contribution in [0.4, 0.5) is 4.79 Å². The number of nitrogens with one attached hydrogen (secondary N) is 1. The van der Waals surface area contributed by atoms with E-state index in [9.17, 15) is 4.79 Å². The Labute approximate surface area is 147 Å². The highest BCUT2D eigenvalue weighted by Gasteiger charge is 2.41. The second kappa shape index (κ2) is 6.88. The van der Waals surface area contributed by atoms with Gasteiger partial charge in [0.05, 0.1) is 13.1 Å². The van der Waals surface area contributed by atoms with Gasteiger partial charge in [-0.2, -0.15) is 0 Å². The molecule has 2 aliphatic heterocycles. The third-order valence-corrected chi connectivity index (χ3v) is 5.22. The lowest BCUT2D eigenvalue weighted by Crippen LogP contribution is -2.35. The molecule has 1 atom stereocenters. The van der Waals surface area contributed by atoms with Crippen LogP contribution in [-0.4, -0.2) is 45.8 Å². The van der Waals surface area contributed by atoms with Gasteiger partial charge < -0.3 is 14.6 Å². The van der Waals surface area contributed by atoms with E-state index in [0.29, 0.717) is 6.54 Å². The summed E-state index contributed by atoms with van der Waals surface area (Å²) in [5, 5.41) is 2.81. The quantitative estimate of drug-likeness (QED) is 0.928. The maximum absolute atomic E-state index is 11.4. The lowest BCUT2D eigenvalue weighted by atomic mass is 9.95. The maximum Gasteiger partial charge on any atom is 0.407 e. The van der Waals surface area contributed by atoms with Crippen LogP contribution in [0, 0.1) is 0 Å². The second-order valence-electron chi connectivity index (χ2n) is 7.01. The Hall–Kier alpha value is -2.34. The van der Waals surface area contributed by atoms with E-state index in [1.807, 2.05) is 18.5 Å². The Bertz CT molecular complexity index is 730. The lowest BCUT2D eigenvalue weighted by molar-refractivity contribution is 0.0442. The number of imidazole rings is 1. The molecule has 1 N–H and O–H groups in total. The molecule has 1 aromatic carbocycles. The van der Waals surface area contributed by atoms with Crippen LogP contribution in [-0.2, 0) is 17.8 Å². The van der Waals surface area contributed by atoms with Crippen LogP contribution in [0.3, 0.4) is 0 Å². The third kappa shape index (κ3) is 3.69. The average molecular weight is 340 g/mol. The zero-order valence-electron chi connectivity index (χ0n) is 14.4. The standard InChI is InChI=1S/C19H24N4O2/c24-18-21-15-19(25-18)7-4-10-22(11-8-19)14-17-20-9-12-23(17)13-16-5-2-1-3-6-16/h1-3,5-6,9,12H,4,7-8,10-11,13-15H2,(H,21,24). The highest BCUT2D eigenvalue weighted by Crippen LogP contribution is 2.29. The highest BCUT2D eigenvalue weighted by atomic mass is 16.6. The minimum absolute atomic E-state index is 0.271. The molecule has 3 heterocycles. The van der Waals surface area contributed by atoms with Crippen LogP contribution < -0.4 is 5.32 Å². The summed E-state index contributed by atoms with van der Waals surface area (Å²) in [4.78, 5) is 18.4. The topological polar surface area (TPSA) is 59.4 Å². The number of rotatable bonds is 4. The predicted octanol–water partition coefficient (Wildman–Crippen LogP) is 2.40. The number of likely N-dealkylation sites (tertiary alicyclic amines) is 1. The summed E-state index contributed by atoms with van der Waals surface area (Å²) >= 11 is 0. The summed E-state index contributed by atoms with van der Waals surface area (Å²) in [6, 6.07) is 10.5. The van der Waals surface area contributed by atoms with E-state index >= 15 is 0 Å². The molecule has 4 rings (SSSR count). The van der Waals surface area contributed by atoms with Crippen molar-refractivity contribution in [2.24, 2.45) is 0 Å². The van der Waals surface area contributed by atoms with Crippen molar-refractivity contribution in [2.45, 2.75) is 38.0 Å². The normalized spacial score (nSPS) is 24.1. The number of hydrogen-bond acceptors (Lipinski definition) is 4. The van der Waals surface area contributed by atoms with Crippen molar-refractivity contribution in [3.05, 3.63) is 54.1 Å². The molecular weight excluding hydrogens is 316 g/mol. The Morgan fingerprint density at radius 3 is 2.84 bits per heavy atom. The van der Waals surface area contributed by atoms with Crippen LogP contribution in [0.2, 0.25) is 0 Å². The van der Waals surface area contributed by atoms with Crippen molar-refractivity contribution in [3.8, 4) is 0 Å². The number of amides is 1. The number of benzene rings is 1. The minimum atomic E-state index is -0.300. The largest absolute Gasteiger partial charge is 0.441 e. The summed E-state index contributed by atoms with van der Waals surface area (Å²) in [6.45, 7) is 4.25. The van der Waals surface area contributed by atoms with E-state index in [2.05, 4.69) is 44.0 Å². The van der Waals surface area contributed by atoms with Crippen LogP contribution >= 0.6 is 0 Å². The van der Waals surface area contributed by atoms with Crippen molar-refractivity contribution in [3.63, 3.8) is 0 Å². The number of ether oxygens (including phenoxy) is 1. The van der Waals surface area contributed by atoms with Gasteiger partial charge in [-0.25, -0.2) is 9.78 Å². The van der Waals surface area contributed by atoms with E-state index in [0.717, 1.165) is 51.3 Å². The number of carbonyl (C=O) groups is 1. The first-order valence-electron chi connectivity index (χ1n) is 8.96. The Kier molecular flexibility index (Phi) is 4.44. The number of hydrogen-bond donors (Lipinski definition) is 1. The molecule has 6 nitrogen and oxygen atoms in total. The van der Waals surface area contributed by atoms with Crippen molar-refractivity contribution in [1.82, 2.24) is 19.8 Å². The lowest BCUT2D eigenvalue weighted by Gasteiger charge is -2.25. The summed E-state index contributed by atoms with van der Waals surface area (Å²) in [6.07, 6.45) is 6.50. The van der Waals surface area contributed by atoms with Crippen LogP contribution in [0.25, 0.3) is 0 Å². The number of nitrogens with zero attached hydrogens (tertiary/aromatic N) is 3. The monoisotopic (exact) mass is 340 g/mol. The summed E-state index contributed by atoms with van der Waals surface area (Å²) < 4.78 is 7.77. The van der Waals surface area contributed by atoms with Gasteiger partial charge in [0, 0.05) is 31.9 Å². The SMILES string of the molecule is O=C1NCC2(CCCN(Cc3nccn3Cc3ccccc3)CC2)O1. The van der Waals surface area contributed by atoms with Gasteiger partial charge in [-0.05, 0) is 24.9 Å². The summed E-state index contributed by atoms with van der Waals surface area (Å²) in [7, 11) is 0. The van der Waals surface area contributed by atoms with Crippen LogP contribution in [0.15, 0.2) is 42.7 Å². The van der Waals surface area contributed by atoms with Gasteiger partial charge >= 0.3 is 6.09 Å². The van der Waals surface area contributed by atoms with Crippen LogP contribution in [0.5, 0.6) is 0 Å². The number of alkyl carbamates (subject to hydrolysis) is 1. The van der Waals surface area contributed by atoms with Gasteiger partial charge in [0.25, 0.3) is 0 Å². The Morgan fingerprint density at radius 2 is 2.04 bits per heavy atom. The molecule has 132 valence electrons. The van der Waals surface area contributed by atoms with Crippen molar-refractivity contribution in [2.75, 3.05) is 19.6 Å². The molecule has 0 bridgehead atoms.